The molecule has 2 aromatic carbocycles. The number of rotatable bonds is 5. The van der Waals surface area contributed by atoms with Gasteiger partial charge in [0, 0.05) is 30.1 Å². The minimum absolute atomic E-state index is 0.120. The van der Waals surface area contributed by atoms with E-state index in [9.17, 15) is 14.7 Å². The molecular formula is C20H21ClN2O4. The van der Waals surface area contributed by atoms with E-state index in [1.165, 1.54) is 12.0 Å². The molecule has 7 heteroatoms. The smallest absolute Gasteiger partial charge is 0.254 e. The number of carbonyl (C=O) groups excluding carboxylic acids is 2. The van der Waals surface area contributed by atoms with Crippen molar-refractivity contribution in [1.29, 1.82) is 0 Å². The van der Waals surface area contributed by atoms with Gasteiger partial charge in [-0.2, -0.15) is 0 Å². The number of nitrogens with one attached hydrogen (secondary N) is 1. The molecule has 27 heavy (non-hydrogen) atoms. The molecule has 2 atom stereocenters. The zero-order valence-corrected chi connectivity index (χ0v) is 15.6. The maximum absolute atomic E-state index is 12.9. The molecule has 2 aromatic rings. The standard InChI is InChI=1S/C20H21ClN2O4/c1-27-17-4-2-3-14(9-17)20(26)23-12-16(24)10-18(23)19(25)22-11-13-5-7-15(21)8-6-13/h2-9,16,18,24H,10-12H2,1H3,(H,22,25)/t16-,18+/m1/s1. The third-order valence-corrected chi connectivity index (χ3v) is 4.79. The van der Waals surface area contributed by atoms with Crippen LogP contribution in [0.3, 0.4) is 0 Å². The average molecular weight is 389 g/mol. The van der Waals surface area contributed by atoms with E-state index >= 15 is 0 Å². The molecule has 1 aliphatic rings. The van der Waals surface area contributed by atoms with E-state index in [1.54, 1.807) is 36.4 Å². The number of carbonyl (C=O) groups is 2. The van der Waals surface area contributed by atoms with Gasteiger partial charge in [0.05, 0.1) is 13.2 Å². The van der Waals surface area contributed by atoms with Crippen molar-refractivity contribution < 1.29 is 19.4 Å². The van der Waals surface area contributed by atoms with Gasteiger partial charge < -0.3 is 20.1 Å². The number of halogens is 1. The maximum atomic E-state index is 12.9. The number of benzene rings is 2. The Morgan fingerprint density at radius 1 is 1.26 bits per heavy atom. The Morgan fingerprint density at radius 2 is 2.00 bits per heavy atom. The second-order valence-corrected chi connectivity index (χ2v) is 6.88. The van der Waals surface area contributed by atoms with Gasteiger partial charge in [0.2, 0.25) is 5.91 Å². The number of nitrogens with zero attached hydrogens (tertiary/aromatic N) is 1. The van der Waals surface area contributed by atoms with Crippen LogP contribution in [-0.4, -0.2) is 47.6 Å². The molecule has 0 radical (unpaired) electrons. The Labute approximate surface area is 162 Å². The van der Waals surface area contributed by atoms with Crippen LogP contribution in [0.2, 0.25) is 5.02 Å². The summed E-state index contributed by atoms with van der Waals surface area (Å²) in [4.78, 5) is 26.9. The summed E-state index contributed by atoms with van der Waals surface area (Å²) in [5.74, 6) is -0.0424. The van der Waals surface area contributed by atoms with Gasteiger partial charge in [-0.1, -0.05) is 29.8 Å². The number of aliphatic hydroxyl groups excluding tert-OH is 1. The van der Waals surface area contributed by atoms with Crippen molar-refractivity contribution >= 4 is 23.4 Å². The third-order valence-electron chi connectivity index (χ3n) is 4.54. The van der Waals surface area contributed by atoms with Crippen LogP contribution < -0.4 is 10.1 Å². The Hall–Kier alpha value is -2.57. The van der Waals surface area contributed by atoms with Crippen molar-refractivity contribution in [2.45, 2.75) is 25.1 Å². The number of hydrogen-bond acceptors (Lipinski definition) is 4. The molecule has 0 saturated carbocycles. The Balaban J connectivity index is 1.70. The number of hydrogen-bond donors (Lipinski definition) is 2. The minimum Gasteiger partial charge on any atom is -0.497 e. The fourth-order valence-electron chi connectivity index (χ4n) is 3.12. The normalized spacial score (nSPS) is 19.0. The monoisotopic (exact) mass is 388 g/mol. The number of methoxy groups -OCH3 is 1. The lowest BCUT2D eigenvalue weighted by Crippen LogP contribution is -2.45. The van der Waals surface area contributed by atoms with Crippen LogP contribution >= 0.6 is 11.6 Å². The molecule has 0 bridgehead atoms. The predicted molar refractivity (Wildman–Crippen MR) is 102 cm³/mol. The van der Waals surface area contributed by atoms with Gasteiger partial charge in [-0.05, 0) is 35.9 Å². The van der Waals surface area contributed by atoms with Gasteiger partial charge in [-0.25, -0.2) is 0 Å². The third kappa shape index (κ3) is 4.59. The highest BCUT2D eigenvalue weighted by molar-refractivity contribution is 6.30. The van der Waals surface area contributed by atoms with Gasteiger partial charge >= 0.3 is 0 Å². The van der Waals surface area contributed by atoms with Crippen molar-refractivity contribution in [3.8, 4) is 5.75 Å². The second kappa shape index (κ2) is 8.41. The average Bonchev–Trinajstić information content (AvgIpc) is 3.08. The quantitative estimate of drug-likeness (QED) is 0.823. The minimum atomic E-state index is -0.731. The van der Waals surface area contributed by atoms with Crippen LogP contribution in [-0.2, 0) is 11.3 Å². The van der Waals surface area contributed by atoms with E-state index in [-0.39, 0.29) is 24.8 Å². The predicted octanol–water partition coefficient (Wildman–Crippen LogP) is 2.24. The van der Waals surface area contributed by atoms with E-state index in [2.05, 4.69) is 5.32 Å². The topological polar surface area (TPSA) is 78.9 Å². The number of likely N-dealkylation sites (tertiary alicyclic amines) is 1. The van der Waals surface area contributed by atoms with Crippen LogP contribution in [0.25, 0.3) is 0 Å². The molecule has 1 fully saturated rings. The molecule has 6 nitrogen and oxygen atoms in total. The van der Waals surface area contributed by atoms with Gasteiger partial charge in [0.25, 0.3) is 5.91 Å². The number of ether oxygens (including phenoxy) is 1. The number of amides is 2. The zero-order valence-electron chi connectivity index (χ0n) is 14.9. The van der Waals surface area contributed by atoms with Crippen LogP contribution in [0.5, 0.6) is 5.75 Å². The lowest BCUT2D eigenvalue weighted by atomic mass is 10.1. The maximum Gasteiger partial charge on any atom is 0.254 e. The summed E-state index contributed by atoms with van der Waals surface area (Å²) >= 11 is 5.86. The lowest BCUT2D eigenvalue weighted by molar-refractivity contribution is -0.125. The molecule has 0 spiro atoms. The van der Waals surface area contributed by atoms with Crippen molar-refractivity contribution in [2.24, 2.45) is 0 Å². The van der Waals surface area contributed by atoms with Crippen LogP contribution in [0, 0.1) is 0 Å². The van der Waals surface area contributed by atoms with Gasteiger partial charge in [0.1, 0.15) is 11.8 Å². The highest BCUT2D eigenvalue weighted by Crippen LogP contribution is 2.23. The summed E-state index contributed by atoms with van der Waals surface area (Å²) in [6, 6.07) is 13.2. The molecule has 1 heterocycles. The van der Waals surface area contributed by atoms with E-state index in [0.717, 1.165) is 5.56 Å². The fourth-order valence-corrected chi connectivity index (χ4v) is 3.24. The summed E-state index contributed by atoms with van der Waals surface area (Å²) in [6.07, 6.45) is -0.520. The van der Waals surface area contributed by atoms with E-state index < -0.39 is 12.1 Å². The first kappa shape index (κ1) is 19.2. The summed E-state index contributed by atoms with van der Waals surface area (Å²) in [5.41, 5.74) is 1.32. The van der Waals surface area contributed by atoms with E-state index in [0.29, 0.717) is 22.9 Å². The molecule has 0 aromatic heterocycles. The first-order valence-electron chi connectivity index (χ1n) is 8.63. The van der Waals surface area contributed by atoms with E-state index in [4.69, 9.17) is 16.3 Å². The Morgan fingerprint density at radius 3 is 2.70 bits per heavy atom. The van der Waals surface area contributed by atoms with Gasteiger partial charge in [0.15, 0.2) is 0 Å². The molecule has 3 rings (SSSR count). The van der Waals surface area contributed by atoms with E-state index in [1.807, 2.05) is 12.1 Å². The second-order valence-electron chi connectivity index (χ2n) is 6.44. The Bertz CT molecular complexity index is 825. The largest absolute Gasteiger partial charge is 0.497 e. The fraction of sp³-hybridized carbons (Fsp3) is 0.300. The highest BCUT2D eigenvalue weighted by Gasteiger charge is 2.39. The number of β-amino-alcohol motifs (C(OH)–C–C–N with tert-alkyl or cyclic N) is 1. The number of aliphatic hydroxyl groups is 1. The first-order chi connectivity index (χ1) is 13.0. The van der Waals surface area contributed by atoms with Crippen molar-refractivity contribution in [1.82, 2.24) is 10.2 Å². The summed E-state index contributed by atoms with van der Waals surface area (Å²) in [6.45, 7) is 0.443. The molecular weight excluding hydrogens is 368 g/mol. The van der Waals surface area contributed by atoms with Gasteiger partial charge in [-0.15, -0.1) is 0 Å². The SMILES string of the molecule is COc1cccc(C(=O)N2C[C@H](O)C[C@H]2C(=O)NCc2ccc(Cl)cc2)c1. The summed E-state index contributed by atoms with van der Waals surface area (Å²) in [7, 11) is 1.52. The van der Waals surface area contributed by atoms with Crippen molar-refractivity contribution in [2.75, 3.05) is 13.7 Å². The van der Waals surface area contributed by atoms with Crippen LogP contribution in [0.1, 0.15) is 22.3 Å². The Kier molecular flexibility index (Phi) is 5.98. The summed E-state index contributed by atoms with van der Waals surface area (Å²) < 4.78 is 5.15. The highest BCUT2D eigenvalue weighted by atomic mass is 35.5. The van der Waals surface area contributed by atoms with Crippen LogP contribution in [0.15, 0.2) is 48.5 Å². The lowest BCUT2D eigenvalue weighted by Gasteiger charge is -2.24. The molecule has 1 saturated heterocycles. The zero-order chi connectivity index (χ0) is 19.4. The molecule has 0 aliphatic carbocycles. The first-order valence-corrected chi connectivity index (χ1v) is 9.01. The molecule has 142 valence electrons. The molecule has 2 N–H and O–H groups in total. The molecule has 1 aliphatic heterocycles. The summed E-state index contributed by atoms with van der Waals surface area (Å²) in [5, 5.41) is 13.5. The molecule has 0 unspecified atom stereocenters. The van der Waals surface area contributed by atoms with Gasteiger partial charge in [-0.3, -0.25) is 9.59 Å². The molecule has 2 amide bonds. The van der Waals surface area contributed by atoms with Crippen LogP contribution in [0.4, 0.5) is 0 Å². The van der Waals surface area contributed by atoms with Crippen molar-refractivity contribution in [3.63, 3.8) is 0 Å². The van der Waals surface area contributed by atoms with Crippen molar-refractivity contribution in [3.05, 3.63) is 64.7 Å².